The van der Waals surface area contributed by atoms with Crippen LogP contribution >= 0.6 is 34.8 Å². The van der Waals surface area contributed by atoms with E-state index < -0.39 is 0 Å². The molecule has 0 aliphatic heterocycles. The van der Waals surface area contributed by atoms with E-state index in [1.165, 1.54) is 0 Å². The third kappa shape index (κ3) is 9.90. The lowest BCUT2D eigenvalue weighted by atomic mass is 9.91. The first kappa shape index (κ1) is 24.9. The molecule has 0 N–H and O–H groups in total. The molecular weight excluding hydrogens is 421 g/mol. The monoisotopic (exact) mass is 449 g/mol. The smallest absolute Gasteiger partial charge is 0.141 e. The van der Waals surface area contributed by atoms with Crippen LogP contribution in [0.1, 0.15) is 52.5 Å². The van der Waals surface area contributed by atoms with Crippen LogP contribution in [-0.4, -0.2) is 25.5 Å². The van der Waals surface area contributed by atoms with E-state index >= 15 is 0 Å². The minimum Gasteiger partial charge on any atom is -0.492 e. The molecule has 0 heterocycles. The van der Waals surface area contributed by atoms with Crippen LogP contribution in [0, 0.1) is 12.3 Å². The molecule has 0 aliphatic rings. The zero-order valence-electron chi connectivity index (χ0n) is 17.3. The highest BCUT2D eigenvalue weighted by Gasteiger charge is 2.14. The number of oxime groups is 1. The van der Waals surface area contributed by atoms with Crippen molar-refractivity contribution >= 4 is 40.5 Å². The second-order valence-corrected chi connectivity index (χ2v) is 8.94. The van der Waals surface area contributed by atoms with Gasteiger partial charge >= 0.3 is 0 Å². The second kappa shape index (κ2) is 12.5. The Morgan fingerprint density at radius 1 is 1.07 bits per heavy atom. The first-order valence-corrected chi connectivity index (χ1v) is 10.5. The minimum absolute atomic E-state index is 0.0411. The van der Waals surface area contributed by atoms with E-state index in [0.29, 0.717) is 29.7 Å². The first-order chi connectivity index (χ1) is 13.1. The van der Waals surface area contributed by atoms with Gasteiger partial charge in [0.05, 0.1) is 17.3 Å². The molecule has 7 heteroatoms. The van der Waals surface area contributed by atoms with Gasteiger partial charge in [-0.3, -0.25) is 0 Å². The predicted octanol–water partition coefficient (Wildman–Crippen LogP) is 7.33. The Morgan fingerprint density at radius 3 is 2.36 bits per heavy atom. The van der Waals surface area contributed by atoms with Crippen LogP contribution in [0.15, 0.2) is 27.9 Å². The molecule has 1 aromatic carbocycles. The van der Waals surface area contributed by atoms with Crippen molar-refractivity contribution in [1.82, 2.24) is 0 Å². The Kier molecular flexibility index (Phi) is 11.1. The zero-order chi connectivity index (χ0) is 21.2. The average Bonchev–Trinajstić information content (AvgIpc) is 2.57. The second-order valence-electron chi connectivity index (χ2n) is 7.52. The summed E-state index contributed by atoms with van der Waals surface area (Å²) in [4.78, 5) is 5.38. The summed E-state index contributed by atoms with van der Waals surface area (Å²) in [5.74, 6) is 1.32. The molecule has 4 nitrogen and oxygen atoms in total. The molecule has 158 valence electrons. The van der Waals surface area contributed by atoms with Crippen LogP contribution in [0.2, 0.25) is 5.02 Å². The van der Waals surface area contributed by atoms with Gasteiger partial charge in [0.1, 0.15) is 29.2 Å². The number of benzene rings is 1. The number of halogens is 3. The number of ether oxygens (including phenoxy) is 2. The molecule has 1 rings (SSSR count). The van der Waals surface area contributed by atoms with Crippen LogP contribution < -0.4 is 9.47 Å². The fraction of sp³-hybridized carbons (Fsp3) is 0.571. The van der Waals surface area contributed by atoms with Gasteiger partial charge in [-0.05, 0) is 50.8 Å². The molecule has 0 aromatic heterocycles. The Bertz CT molecular complexity index is 655. The number of aryl methyl sites for hydroxylation is 1. The molecule has 0 amide bonds. The molecule has 0 radical (unpaired) electrons. The first-order valence-electron chi connectivity index (χ1n) is 9.35. The third-order valence-corrected chi connectivity index (χ3v) is 4.69. The quantitative estimate of drug-likeness (QED) is 0.201. The SMILES string of the molecule is CC(=NOCCCCCOc1c(C)cc(OCC=C(Cl)Cl)cc1Cl)C(C)(C)C. The standard InChI is InChI=1S/C21H30Cl3NO3/c1-15-13-17(26-12-9-19(23)24)14-18(22)20(15)27-10-7-6-8-11-28-25-16(2)21(3,4)5/h9,13-14H,6-8,10-12H2,1-5H3. The van der Waals surface area contributed by atoms with Gasteiger partial charge in [-0.1, -0.05) is 60.7 Å². The van der Waals surface area contributed by atoms with Crippen molar-refractivity contribution in [1.29, 1.82) is 0 Å². The summed E-state index contributed by atoms with van der Waals surface area (Å²) in [6.07, 6.45) is 4.41. The van der Waals surface area contributed by atoms with Crippen LogP contribution in [-0.2, 0) is 4.84 Å². The number of rotatable bonds is 11. The van der Waals surface area contributed by atoms with E-state index in [4.69, 9.17) is 49.1 Å². The molecule has 0 saturated carbocycles. The Hall–Kier alpha value is -1.10. The summed E-state index contributed by atoms with van der Waals surface area (Å²) >= 11 is 17.4. The molecule has 0 saturated heterocycles. The van der Waals surface area contributed by atoms with Gasteiger partial charge in [-0.2, -0.15) is 0 Å². The highest BCUT2D eigenvalue weighted by molar-refractivity contribution is 6.55. The van der Waals surface area contributed by atoms with Crippen LogP contribution in [0.3, 0.4) is 0 Å². The maximum Gasteiger partial charge on any atom is 0.141 e. The summed E-state index contributed by atoms with van der Waals surface area (Å²) < 4.78 is 11.6. The van der Waals surface area contributed by atoms with Crippen molar-refractivity contribution < 1.29 is 14.3 Å². The van der Waals surface area contributed by atoms with Gasteiger partial charge in [-0.15, -0.1) is 0 Å². The largest absolute Gasteiger partial charge is 0.492 e. The van der Waals surface area contributed by atoms with E-state index in [0.717, 1.165) is 30.5 Å². The van der Waals surface area contributed by atoms with E-state index in [1.54, 1.807) is 12.1 Å². The van der Waals surface area contributed by atoms with Gasteiger partial charge in [0.25, 0.3) is 0 Å². The minimum atomic E-state index is 0.0411. The van der Waals surface area contributed by atoms with Gasteiger partial charge < -0.3 is 14.3 Å². The highest BCUT2D eigenvalue weighted by atomic mass is 35.5. The number of hydrogen-bond donors (Lipinski definition) is 0. The normalized spacial score (nSPS) is 11.9. The van der Waals surface area contributed by atoms with E-state index in [-0.39, 0.29) is 16.5 Å². The molecular formula is C21H30Cl3NO3. The summed E-state index contributed by atoms with van der Waals surface area (Å²) in [6.45, 7) is 11.7. The van der Waals surface area contributed by atoms with Gasteiger partial charge in [0, 0.05) is 11.5 Å². The fourth-order valence-electron chi connectivity index (χ4n) is 2.07. The number of nitrogens with zero attached hydrogens (tertiary/aromatic N) is 1. The van der Waals surface area contributed by atoms with Crippen molar-refractivity contribution in [2.75, 3.05) is 19.8 Å². The molecule has 0 fully saturated rings. The third-order valence-electron chi connectivity index (χ3n) is 4.10. The van der Waals surface area contributed by atoms with Crippen LogP contribution in [0.4, 0.5) is 0 Å². The average molecular weight is 451 g/mol. The molecule has 0 atom stereocenters. The number of unbranched alkanes of at least 4 members (excludes halogenated alkanes) is 2. The Balaban J connectivity index is 2.33. The molecule has 0 unspecified atom stereocenters. The van der Waals surface area contributed by atoms with Crippen molar-refractivity contribution in [3.05, 3.63) is 33.3 Å². The Labute approximate surface area is 183 Å². The van der Waals surface area contributed by atoms with E-state index in [9.17, 15) is 0 Å². The molecule has 28 heavy (non-hydrogen) atoms. The topological polar surface area (TPSA) is 40.0 Å². The molecule has 0 spiro atoms. The molecule has 1 aromatic rings. The van der Waals surface area contributed by atoms with Crippen LogP contribution in [0.5, 0.6) is 11.5 Å². The summed E-state index contributed by atoms with van der Waals surface area (Å²) in [6, 6.07) is 3.60. The summed E-state index contributed by atoms with van der Waals surface area (Å²) in [5.41, 5.74) is 1.95. The van der Waals surface area contributed by atoms with Crippen molar-refractivity contribution in [3.8, 4) is 11.5 Å². The summed E-state index contributed by atoms with van der Waals surface area (Å²) in [7, 11) is 0. The van der Waals surface area contributed by atoms with Gasteiger partial charge in [0.15, 0.2) is 0 Å². The van der Waals surface area contributed by atoms with Gasteiger partial charge in [0.2, 0.25) is 0 Å². The highest BCUT2D eigenvalue weighted by Crippen LogP contribution is 2.33. The zero-order valence-corrected chi connectivity index (χ0v) is 19.5. The van der Waals surface area contributed by atoms with Crippen molar-refractivity contribution in [2.24, 2.45) is 10.6 Å². The maximum absolute atomic E-state index is 6.32. The van der Waals surface area contributed by atoms with Crippen molar-refractivity contribution in [3.63, 3.8) is 0 Å². The maximum atomic E-state index is 6.32. The lowest BCUT2D eigenvalue weighted by molar-refractivity contribution is 0.135. The van der Waals surface area contributed by atoms with Gasteiger partial charge in [-0.25, -0.2) is 0 Å². The number of hydrogen-bond acceptors (Lipinski definition) is 4. The Morgan fingerprint density at radius 2 is 1.75 bits per heavy atom. The van der Waals surface area contributed by atoms with Crippen molar-refractivity contribution in [2.45, 2.75) is 53.9 Å². The van der Waals surface area contributed by atoms with E-state index in [1.807, 2.05) is 19.9 Å². The van der Waals surface area contributed by atoms with Crippen LogP contribution in [0.25, 0.3) is 0 Å². The fourth-order valence-corrected chi connectivity index (χ4v) is 2.50. The lowest BCUT2D eigenvalue weighted by Gasteiger charge is -2.16. The molecule has 0 aliphatic carbocycles. The predicted molar refractivity (Wildman–Crippen MR) is 119 cm³/mol. The molecule has 0 bridgehead atoms. The summed E-state index contributed by atoms with van der Waals surface area (Å²) in [5, 5.41) is 4.68. The van der Waals surface area contributed by atoms with E-state index in [2.05, 4.69) is 25.9 Å². The lowest BCUT2D eigenvalue weighted by Crippen LogP contribution is -2.17.